The Bertz CT molecular complexity index is 335. The van der Waals surface area contributed by atoms with Crippen LogP contribution in [-0.2, 0) is 0 Å². The van der Waals surface area contributed by atoms with Crippen molar-refractivity contribution in [3.63, 3.8) is 0 Å². The first-order valence-corrected chi connectivity index (χ1v) is 5.21. The fourth-order valence-corrected chi connectivity index (χ4v) is 2.20. The molecule has 1 fully saturated rings. The third-order valence-electron chi connectivity index (χ3n) is 2.97. The summed E-state index contributed by atoms with van der Waals surface area (Å²) in [4.78, 5) is 4.42. The predicted octanol–water partition coefficient (Wildman–Crippen LogP) is 2.29. The van der Waals surface area contributed by atoms with Gasteiger partial charge in [0, 0.05) is 17.7 Å². The van der Waals surface area contributed by atoms with E-state index in [1.54, 1.807) is 0 Å². The van der Waals surface area contributed by atoms with Crippen molar-refractivity contribution in [1.82, 2.24) is 4.98 Å². The van der Waals surface area contributed by atoms with Crippen molar-refractivity contribution in [2.75, 3.05) is 0 Å². The van der Waals surface area contributed by atoms with Crippen LogP contribution in [0.25, 0.3) is 0 Å². The SMILES string of the molecule is CC1(C)C(N)C1c1cccc(Br)n1. The van der Waals surface area contributed by atoms with Gasteiger partial charge in [-0.25, -0.2) is 4.98 Å². The van der Waals surface area contributed by atoms with Crippen molar-refractivity contribution in [3.8, 4) is 0 Å². The Morgan fingerprint density at radius 2 is 2.08 bits per heavy atom. The van der Waals surface area contributed by atoms with E-state index in [-0.39, 0.29) is 11.5 Å². The van der Waals surface area contributed by atoms with Gasteiger partial charge in [-0.05, 0) is 33.5 Å². The second-order valence-corrected chi connectivity index (χ2v) is 5.02. The van der Waals surface area contributed by atoms with Crippen LogP contribution in [0.1, 0.15) is 25.5 Å². The lowest BCUT2D eigenvalue weighted by molar-refractivity contribution is 0.595. The molecule has 0 bridgehead atoms. The van der Waals surface area contributed by atoms with E-state index in [2.05, 4.69) is 34.8 Å². The van der Waals surface area contributed by atoms with Crippen LogP contribution < -0.4 is 5.73 Å². The minimum Gasteiger partial charge on any atom is -0.327 e. The van der Waals surface area contributed by atoms with E-state index in [4.69, 9.17) is 5.73 Å². The summed E-state index contributed by atoms with van der Waals surface area (Å²) in [7, 11) is 0. The summed E-state index contributed by atoms with van der Waals surface area (Å²) in [6.45, 7) is 4.37. The number of halogens is 1. The highest BCUT2D eigenvalue weighted by atomic mass is 79.9. The van der Waals surface area contributed by atoms with Crippen molar-refractivity contribution in [1.29, 1.82) is 0 Å². The molecule has 2 atom stereocenters. The maximum atomic E-state index is 5.97. The number of rotatable bonds is 1. The van der Waals surface area contributed by atoms with Crippen LogP contribution in [0.2, 0.25) is 0 Å². The summed E-state index contributed by atoms with van der Waals surface area (Å²) in [5.41, 5.74) is 7.29. The summed E-state index contributed by atoms with van der Waals surface area (Å²) in [6.07, 6.45) is 0. The van der Waals surface area contributed by atoms with Crippen molar-refractivity contribution < 1.29 is 0 Å². The quantitative estimate of drug-likeness (QED) is 0.766. The number of nitrogens with two attached hydrogens (primary N) is 1. The molecule has 0 radical (unpaired) electrons. The Kier molecular flexibility index (Phi) is 1.96. The third-order valence-corrected chi connectivity index (χ3v) is 3.41. The van der Waals surface area contributed by atoms with Crippen molar-refractivity contribution in [2.24, 2.45) is 11.1 Å². The Hall–Kier alpha value is -0.410. The maximum Gasteiger partial charge on any atom is 0.106 e. The molecule has 70 valence electrons. The molecule has 2 rings (SSSR count). The van der Waals surface area contributed by atoms with Gasteiger partial charge in [-0.2, -0.15) is 0 Å². The topological polar surface area (TPSA) is 38.9 Å². The smallest absolute Gasteiger partial charge is 0.106 e. The summed E-state index contributed by atoms with van der Waals surface area (Å²) in [5, 5.41) is 0. The zero-order valence-electron chi connectivity index (χ0n) is 7.79. The third kappa shape index (κ3) is 1.40. The molecule has 1 heterocycles. The van der Waals surface area contributed by atoms with Crippen LogP contribution in [0, 0.1) is 5.41 Å². The van der Waals surface area contributed by atoms with Gasteiger partial charge in [-0.1, -0.05) is 19.9 Å². The Morgan fingerprint density at radius 3 is 2.54 bits per heavy atom. The predicted molar refractivity (Wildman–Crippen MR) is 56.4 cm³/mol. The Balaban J connectivity index is 2.29. The molecular weight excluding hydrogens is 228 g/mol. The van der Waals surface area contributed by atoms with Gasteiger partial charge in [-0.15, -0.1) is 0 Å². The lowest BCUT2D eigenvalue weighted by Gasteiger charge is -2.01. The van der Waals surface area contributed by atoms with Crippen LogP contribution >= 0.6 is 15.9 Å². The van der Waals surface area contributed by atoms with E-state index in [0.717, 1.165) is 10.3 Å². The van der Waals surface area contributed by atoms with Crippen LogP contribution in [0.15, 0.2) is 22.8 Å². The second kappa shape index (κ2) is 2.79. The van der Waals surface area contributed by atoms with Crippen molar-refractivity contribution in [3.05, 3.63) is 28.5 Å². The minimum absolute atomic E-state index is 0.216. The highest BCUT2D eigenvalue weighted by Crippen LogP contribution is 2.56. The van der Waals surface area contributed by atoms with Gasteiger partial charge >= 0.3 is 0 Å². The molecular formula is C10H13BrN2. The standard InChI is InChI=1S/C10H13BrN2/c1-10(2)8(9(10)12)6-4-3-5-7(11)13-6/h3-5,8-9H,12H2,1-2H3. The second-order valence-electron chi connectivity index (χ2n) is 4.21. The fraction of sp³-hybridized carbons (Fsp3) is 0.500. The van der Waals surface area contributed by atoms with E-state index < -0.39 is 0 Å². The zero-order valence-corrected chi connectivity index (χ0v) is 9.38. The van der Waals surface area contributed by atoms with Gasteiger partial charge in [0.25, 0.3) is 0 Å². The highest BCUT2D eigenvalue weighted by molar-refractivity contribution is 9.10. The molecule has 2 unspecified atom stereocenters. The Labute approximate surface area is 86.7 Å². The maximum absolute atomic E-state index is 5.97. The van der Waals surface area contributed by atoms with Gasteiger partial charge in [0.2, 0.25) is 0 Å². The monoisotopic (exact) mass is 240 g/mol. The number of hydrogen-bond acceptors (Lipinski definition) is 2. The van der Waals surface area contributed by atoms with Gasteiger partial charge in [0.05, 0.1) is 0 Å². The molecule has 1 aliphatic carbocycles. The van der Waals surface area contributed by atoms with E-state index in [1.807, 2.05) is 18.2 Å². The van der Waals surface area contributed by atoms with Gasteiger partial charge < -0.3 is 5.73 Å². The summed E-state index contributed by atoms with van der Waals surface area (Å²) >= 11 is 3.36. The molecule has 1 saturated carbocycles. The molecule has 0 saturated heterocycles. The first kappa shape index (κ1) is 9.16. The van der Waals surface area contributed by atoms with E-state index in [0.29, 0.717) is 5.92 Å². The largest absolute Gasteiger partial charge is 0.327 e. The molecule has 0 spiro atoms. The molecule has 1 aliphatic rings. The summed E-state index contributed by atoms with van der Waals surface area (Å²) in [6, 6.07) is 6.25. The van der Waals surface area contributed by atoms with Gasteiger partial charge in [0.1, 0.15) is 4.60 Å². The van der Waals surface area contributed by atoms with Crippen molar-refractivity contribution in [2.45, 2.75) is 25.8 Å². The minimum atomic E-state index is 0.216. The van der Waals surface area contributed by atoms with Crippen LogP contribution in [0.3, 0.4) is 0 Å². The summed E-state index contributed by atoms with van der Waals surface area (Å²) in [5.74, 6) is 0.421. The van der Waals surface area contributed by atoms with Gasteiger partial charge in [0.15, 0.2) is 0 Å². The molecule has 0 aromatic carbocycles. The van der Waals surface area contributed by atoms with Crippen LogP contribution in [-0.4, -0.2) is 11.0 Å². The lowest BCUT2D eigenvalue weighted by atomic mass is 10.1. The zero-order chi connectivity index (χ0) is 9.64. The van der Waals surface area contributed by atoms with Crippen LogP contribution in [0.5, 0.6) is 0 Å². The molecule has 13 heavy (non-hydrogen) atoms. The molecule has 2 nitrogen and oxygen atoms in total. The van der Waals surface area contributed by atoms with E-state index in [1.165, 1.54) is 0 Å². The molecule has 2 N–H and O–H groups in total. The van der Waals surface area contributed by atoms with Crippen LogP contribution in [0.4, 0.5) is 0 Å². The average Bonchev–Trinajstić information content (AvgIpc) is 2.51. The average molecular weight is 241 g/mol. The molecule has 1 aromatic rings. The van der Waals surface area contributed by atoms with Gasteiger partial charge in [-0.3, -0.25) is 0 Å². The molecule has 1 aromatic heterocycles. The lowest BCUT2D eigenvalue weighted by Crippen LogP contribution is -2.06. The first-order valence-electron chi connectivity index (χ1n) is 4.41. The van der Waals surface area contributed by atoms with E-state index in [9.17, 15) is 0 Å². The number of hydrogen-bond donors (Lipinski definition) is 1. The number of nitrogens with zero attached hydrogens (tertiary/aromatic N) is 1. The number of pyridine rings is 1. The fourth-order valence-electron chi connectivity index (χ4n) is 1.84. The normalized spacial score (nSPS) is 30.2. The van der Waals surface area contributed by atoms with Crippen molar-refractivity contribution >= 4 is 15.9 Å². The molecule has 0 aliphatic heterocycles. The first-order chi connectivity index (χ1) is 6.03. The molecule has 0 amide bonds. The van der Waals surface area contributed by atoms with E-state index >= 15 is 0 Å². The Morgan fingerprint density at radius 1 is 1.46 bits per heavy atom. The summed E-state index contributed by atoms with van der Waals surface area (Å²) < 4.78 is 0.889. The molecule has 3 heteroatoms. The number of aromatic nitrogens is 1. The highest BCUT2D eigenvalue weighted by Gasteiger charge is 2.56.